The molecule has 1 atom stereocenters. The summed E-state index contributed by atoms with van der Waals surface area (Å²) < 4.78 is 5.79. The number of carbonyl (C=O) groups is 1. The maximum absolute atomic E-state index is 12.3. The number of benzene rings is 2. The summed E-state index contributed by atoms with van der Waals surface area (Å²) in [6.45, 7) is 1.70. The summed E-state index contributed by atoms with van der Waals surface area (Å²) in [5.74, 6) is 0.835. The van der Waals surface area contributed by atoms with Crippen LogP contribution in [0.4, 0.5) is 0 Å². The van der Waals surface area contributed by atoms with E-state index in [0.717, 1.165) is 42.5 Å². The topological polar surface area (TPSA) is 41.6 Å². The lowest BCUT2D eigenvalue weighted by Gasteiger charge is -2.32. The Morgan fingerprint density at radius 1 is 1.27 bits per heavy atom. The maximum Gasteiger partial charge on any atom is 0.260 e. The number of piperidine rings is 1. The minimum Gasteiger partial charge on any atom is -0.483 e. The van der Waals surface area contributed by atoms with Crippen LogP contribution in [-0.2, 0) is 4.79 Å². The summed E-state index contributed by atoms with van der Waals surface area (Å²) in [5.41, 5.74) is 0. The molecule has 1 aliphatic heterocycles. The standard InChI is InChI=1S/C18H22N2O2/c1-19-15-8-5-11-20(12-15)18(21)13-22-17-10-4-7-14-6-2-3-9-16(14)17/h2-4,6-7,9-10,15,19H,5,8,11-13H2,1H3. The van der Waals surface area contributed by atoms with E-state index >= 15 is 0 Å². The molecule has 4 nitrogen and oxygen atoms in total. The average molecular weight is 298 g/mol. The van der Waals surface area contributed by atoms with Crippen molar-refractivity contribution in [2.75, 3.05) is 26.7 Å². The van der Waals surface area contributed by atoms with E-state index in [0.29, 0.717) is 6.04 Å². The zero-order valence-corrected chi connectivity index (χ0v) is 12.9. The molecule has 116 valence electrons. The van der Waals surface area contributed by atoms with Gasteiger partial charge in [0.1, 0.15) is 5.75 Å². The molecule has 0 aromatic heterocycles. The van der Waals surface area contributed by atoms with Gasteiger partial charge in [0.2, 0.25) is 0 Å². The van der Waals surface area contributed by atoms with Gasteiger partial charge in [-0.1, -0.05) is 36.4 Å². The quantitative estimate of drug-likeness (QED) is 0.942. The fourth-order valence-electron chi connectivity index (χ4n) is 2.99. The Hall–Kier alpha value is -2.07. The van der Waals surface area contributed by atoms with E-state index < -0.39 is 0 Å². The normalized spacial score (nSPS) is 18.4. The minimum atomic E-state index is 0.0629. The highest BCUT2D eigenvalue weighted by Crippen LogP contribution is 2.25. The number of likely N-dealkylation sites (tertiary alicyclic amines) is 1. The Labute approximate surface area is 131 Å². The molecule has 1 heterocycles. The lowest BCUT2D eigenvalue weighted by atomic mass is 10.1. The molecule has 1 saturated heterocycles. The first-order chi connectivity index (χ1) is 10.8. The summed E-state index contributed by atoms with van der Waals surface area (Å²) in [6, 6.07) is 14.4. The predicted octanol–water partition coefficient (Wildman–Crippen LogP) is 2.43. The Kier molecular flexibility index (Phi) is 4.59. The van der Waals surface area contributed by atoms with E-state index in [1.165, 1.54) is 0 Å². The maximum atomic E-state index is 12.3. The van der Waals surface area contributed by atoms with Crippen LogP contribution in [-0.4, -0.2) is 43.6 Å². The summed E-state index contributed by atoms with van der Waals surface area (Å²) in [4.78, 5) is 14.2. The summed E-state index contributed by atoms with van der Waals surface area (Å²) in [7, 11) is 1.95. The molecule has 0 saturated carbocycles. The fraction of sp³-hybridized carbons (Fsp3) is 0.389. The number of hydrogen-bond acceptors (Lipinski definition) is 3. The fourth-order valence-corrected chi connectivity index (χ4v) is 2.99. The predicted molar refractivity (Wildman–Crippen MR) is 88.1 cm³/mol. The van der Waals surface area contributed by atoms with Gasteiger partial charge in [0.05, 0.1) is 0 Å². The number of likely N-dealkylation sites (N-methyl/N-ethyl adjacent to an activating group) is 1. The van der Waals surface area contributed by atoms with Gasteiger partial charge in [-0.05, 0) is 31.3 Å². The average Bonchev–Trinajstić information content (AvgIpc) is 2.59. The van der Waals surface area contributed by atoms with Gasteiger partial charge < -0.3 is 15.0 Å². The summed E-state index contributed by atoms with van der Waals surface area (Å²) >= 11 is 0. The number of fused-ring (bicyclic) bond motifs is 1. The van der Waals surface area contributed by atoms with Crippen molar-refractivity contribution in [1.82, 2.24) is 10.2 Å². The first kappa shape index (κ1) is 14.9. The van der Waals surface area contributed by atoms with E-state index in [1.807, 2.05) is 54.4 Å². The molecule has 3 rings (SSSR count). The van der Waals surface area contributed by atoms with Crippen molar-refractivity contribution >= 4 is 16.7 Å². The Balaban J connectivity index is 1.65. The second kappa shape index (κ2) is 6.79. The third-order valence-electron chi connectivity index (χ3n) is 4.28. The summed E-state index contributed by atoms with van der Waals surface area (Å²) in [5, 5.41) is 5.42. The highest BCUT2D eigenvalue weighted by molar-refractivity contribution is 5.88. The van der Waals surface area contributed by atoms with Gasteiger partial charge in [0.25, 0.3) is 5.91 Å². The molecular formula is C18H22N2O2. The van der Waals surface area contributed by atoms with Crippen LogP contribution in [0.25, 0.3) is 10.8 Å². The van der Waals surface area contributed by atoms with Crippen molar-refractivity contribution < 1.29 is 9.53 Å². The van der Waals surface area contributed by atoms with Crippen LogP contribution < -0.4 is 10.1 Å². The molecule has 22 heavy (non-hydrogen) atoms. The number of carbonyl (C=O) groups excluding carboxylic acids is 1. The van der Waals surface area contributed by atoms with Gasteiger partial charge in [0, 0.05) is 24.5 Å². The number of hydrogen-bond donors (Lipinski definition) is 1. The summed E-state index contributed by atoms with van der Waals surface area (Å²) in [6.07, 6.45) is 2.18. The van der Waals surface area contributed by atoms with Gasteiger partial charge in [-0.3, -0.25) is 4.79 Å². The molecule has 1 N–H and O–H groups in total. The lowest BCUT2D eigenvalue weighted by molar-refractivity contribution is -0.134. The number of nitrogens with one attached hydrogen (secondary N) is 1. The minimum absolute atomic E-state index is 0.0629. The number of rotatable bonds is 4. The van der Waals surface area contributed by atoms with E-state index in [-0.39, 0.29) is 12.5 Å². The van der Waals surface area contributed by atoms with Crippen LogP contribution in [0.3, 0.4) is 0 Å². The van der Waals surface area contributed by atoms with Crippen LogP contribution in [0.1, 0.15) is 12.8 Å². The largest absolute Gasteiger partial charge is 0.483 e. The number of amides is 1. The number of ether oxygens (including phenoxy) is 1. The SMILES string of the molecule is CNC1CCCN(C(=O)COc2cccc3ccccc23)C1. The van der Waals surface area contributed by atoms with Gasteiger partial charge in [-0.25, -0.2) is 0 Å². The van der Waals surface area contributed by atoms with Gasteiger partial charge in [-0.2, -0.15) is 0 Å². The van der Waals surface area contributed by atoms with Gasteiger partial charge >= 0.3 is 0 Å². The number of nitrogens with zero attached hydrogens (tertiary/aromatic N) is 1. The highest BCUT2D eigenvalue weighted by atomic mass is 16.5. The monoisotopic (exact) mass is 298 g/mol. The second-order valence-electron chi connectivity index (χ2n) is 5.73. The van der Waals surface area contributed by atoms with Crippen molar-refractivity contribution in [2.24, 2.45) is 0 Å². The zero-order chi connectivity index (χ0) is 15.4. The third kappa shape index (κ3) is 3.22. The molecule has 2 aromatic rings. The van der Waals surface area contributed by atoms with Crippen LogP contribution in [0.2, 0.25) is 0 Å². The third-order valence-corrected chi connectivity index (χ3v) is 4.28. The molecule has 1 amide bonds. The van der Waals surface area contributed by atoms with E-state index in [2.05, 4.69) is 5.32 Å². The molecule has 0 spiro atoms. The van der Waals surface area contributed by atoms with Gasteiger partial charge in [0.15, 0.2) is 6.61 Å². The van der Waals surface area contributed by atoms with Crippen LogP contribution in [0.15, 0.2) is 42.5 Å². The highest BCUT2D eigenvalue weighted by Gasteiger charge is 2.22. The first-order valence-electron chi connectivity index (χ1n) is 7.83. The molecule has 4 heteroatoms. The lowest BCUT2D eigenvalue weighted by Crippen LogP contribution is -2.48. The van der Waals surface area contributed by atoms with E-state index in [9.17, 15) is 4.79 Å². The smallest absolute Gasteiger partial charge is 0.260 e. The molecule has 0 radical (unpaired) electrons. The zero-order valence-electron chi connectivity index (χ0n) is 12.9. The van der Waals surface area contributed by atoms with Crippen molar-refractivity contribution in [2.45, 2.75) is 18.9 Å². The Morgan fingerprint density at radius 3 is 2.95 bits per heavy atom. The van der Waals surface area contributed by atoms with Crippen LogP contribution in [0, 0.1) is 0 Å². The molecule has 1 aliphatic rings. The van der Waals surface area contributed by atoms with E-state index in [4.69, 9.17) is 4.74 Å². The van der Waals surface area contributed by atoms with Crippen molar-refractivity contribution in [3.05, 3.63) is 42.5 Å². The molecule has 0 bridgehead atoms. The Bertz CT molecular complexity index is 651. The molecular weight excluding hydrogens is 276 g/mol. The molecule has 0 aliphatic carbocycles. The molecule has 2 aromatic carbocycles. The van der Waals surface area contributed by atoms with Crippen LogP contribution in [0.5, 0.6) is 5.75 Å². The van der Waals surface area contributed by atoms with Crippen molar-refractivity contribution in [3.8, 4) is 5.75 Å². The van der Waals surface area contributed by atoms with Crippen LogP contribution >= 0.6 is 0 Å². The van der Waals surface area contributed by atoms with Crippen molar-refractivity contribution in [3.63, 3.8) is 0 Å². The first-order valence-corrected chi connectivity index (χ1v) is 7.83. The van der Waals surface area contributed by atoms with Crippen molar-refractivity contribution in [1.29, 1.82) is 0 Å². The second-order valence-corrected chi connectivity index (χ2v) is 5.73. The molecule has 1 fully saturated rings. The van der Waals surface area contributed by atoms with E-state index in [1.54, 1.807) is 0 Å². The molecule has 1 unspecified atom stereocenters. The van der Waals surface area contributed by atoms with Gasteiger partial charge in [-0.15, -0.1) is 0 Å². The Morgan fingerprint density at radius 2 is 2.09 bits per heavy atom.